The Kier molecular flexibility index (Phi) is 6.14. The summed E-state index contributed by atoms with van der Waals surface area (Å²) in [6.45, 7) is 2.60. The summed E-state index contributed by atoms with van der Waals surface area (Å²) < 4.78 is 17.1. The van der Waals surface area contributed by atoms with Gasteiger partial charge in [0.25, 0.3) is 0 Å². The first-order valence-electron chi connectivity index (χ1n) is 8.49. The summed E-state index contributed by atoms with van der Waals surface area (Å²) in [5.74, 6) is 1.46. The van der Waals surface area contributed by atoms with Crippen molar-refractivity contribution in [3.63, 3.8) is 0 Å². The number of halogens is 1. The summed E-state index contributed by atoms with van der Waals surface area (Å²) in [4.78, 5) is 12.0. The smallest absolute Gasteiger partial charge is 0.341 e. The van der Waals surface area contributed by atoms with Gasteiger partial charge in [-0.2, -0.15) is 0 Å². The lowest BCUT2D eigenvalue weighted by Gasteiger charge is -2.12. The van der Waals surface area contributed by atoms with Gasteiger partial charge in [-0.1, -0.05) is 40.2 Å². The summed E-state index contributed by atoms with van der Waals surface area (Å²) in [7, 11) is 1.35. The van der Waals surface area contributed by atoms with Crippen LogP contribution in [0.4, 0.5) is 0 Å². The highest BCUT2D eigenvalue weighted by Gasteiger charge is 2.14. The molecular formula is C22H19BrO4. The Morgan fingerprint density at radius 1 is 0.926 bits per heavy atom. The van der Waals surface area contributed by atoms with E-state index >= 15 is 0 Å². The first kappa shape index (κ1) is 19.0. The Morgan fingerprint density at radius 2 is 1.70 bits per heavy atom. The van der Waals surface area contributed by atoms with Gasteiger partial charge >= 0.3 is 5.97 Å². The number of methoxy groups -OCH3 is 1. The number of rotatable bonds is 6. The maximum Gasteiger partial charge on any atom is 0.341 e. The molecule has 0 aliphatic carbocycles. The molecule has 0 spiro atoms. The average molecular weight is 427 g/mol. The molecule has 4 nitrogen and oxygen atoms in total. The van der Waals surface area contributed by atoms with E-state index in [4.69, 9.17) is 14.2 Å². The third-order valence-electron chi connectivity index (χ3n) is 3.91. The summed E-state index contributed by atoms with van der Waals surface area (Å²) in [6, 6.07) is 20.8. The molecule has 0 atom stereocenters. The van der Waals surface area contributed by atoms with E-state index < -0.39 is 5.97 Å². The highest BCUT2D eigenvalue weighted by Crippen LogP contribution is 2.31. The summed E-state index contributed by atoms with van der Waals surface area (Å²) in [5, 5.41) is 0. The van der Waals surface area contributed by atoms with Crippen molar-refractivity contribution in [2.45, 2.75) is 6.92 Å². The van der Waals surface area contributed by atoms with Gasteiger partial charge in [-0.3, -0.25) is 0 Å². The monoisotopic (exact) mass is 426 g/mol. The Morgan fingerprint density at radius 3 is 2.41 bits per heavy atom. The van der Waals surface area contributed by atoms with Gasteiger partial charge in [0.15, 0.2) is 0 Å². The lowest BCUT2D eigenvalue weighted by molar-refractivity contribution is 0.0598. The number of benzene rings is 3. The van der Waals surface area contributed by atoms with Crippen LogP contribution >= 0.6 is 15.9 Å². The number of carbonyl (C=O) groups is 1. The molecule has 27 heavy (non-hydrogen) atoms. The topological polar surface area (TPSA) is 44.8 Å². The Labute approximate surface area is 166 Å². The Hall–Kier alpha value is -2.79. The molecule has 0 fully saturated rings. The molecule has 5 heteroatoms. The number of hydrogen-bond donors (Lipinski definition) is 0. The number of hydrogen-bond acceptors (Lipinski definition) is 4. The number of esters is 1. The van der Waals surface area contributed by atoms with Crippen molar-refractivity contribution >= 4 is 21.9 Å². The molecule has 138 valence electrons. The molecule has 0 bridgehead atoms. The van der Waals surface area contributed by atoms with Crippen LogP contribution in [0, 0.1) is 0 Å². The van der Waals surface area contributed by atoms with Crippen molar-refractivity contribution in [1.82, 2.24) is 0 Å². The van der Waals surface area contributed by atoms with Crippen LogP contribution in [-0.2, 0) is 4.74 Å². The molecule has 0 saturated heterocycles. The van der Waals surface area contributed by atoms with Crippen molar-refractivity contribution in [3.05, 3.63) is 76.8 Å². The van der Waals surface area contributed by atoms with E-state index in [2.05, 4.69) is 15.9 Å². The molecule has 0 amide bonds. The minimum atomic E-state index is -0.450. The van der Waals surface area contributed by atoms with Gasteiger partial charge in [0.1, 0.15) is 22.8 Å². The van der Waals surface area contributed by atoms with Crippen molar-refractivity contribution in [2.24, 2.45) is 0 Å². The second-order valence-corrected chi connectivity index (χ2v) is 6.64. The first-order valence-corrected chi connectivity index (χ1v) is 9.29. The van der Waals surface area contributed by atoms with Gasteiger partial charge in [0.05, 0.1) is 13.7 Å². The normalized spacial score (nSPS) is 10.3. The summed E-state index contributed by atoms with van der Waals surface area (Å²) >= 11 is 3.36. The molecule has 0 N–H and O–H groups in total. The van der Waals surface area contributed by atoms with E-state index in [1.807, 2.05) is 61.5 Å². The van der Waals surface area contributed by atoms with Gasteiger partial charge < -0.3 is 14.2 Å². The maximum atomic E-state index is 12.0. The van der Waals surface area contributed by atoms with Crippen LogP contribution in [-0.4, -0.2) is 19.7 Å². The van der Waals surface area contributed by atoms with E-state index in [0.717, 1.165) is 21.3 Å². The van der Waals surface area contributed by atoms with Gasteiger partial charge in [-0.25, -0.2) is 4.79 Å². The zero-order chi connectivity index (χ0) is 19.2. The molecule has 0 unspecified atom stereocenters. The van der Waals surface area contributed by atoms with Crippen molar-refractivity contribution in [2.75, 3.05) is 13.7 Å². The predicted molar refractivity (Wildman–Crippen MR) is 109 cm³/mol. The Balaban J connectivity index is 1.87. The second kappa shape index (κ2) is 8.73. The average Bonchev–Trinajstić information content (AvgIpc) is 2.70. The molecule has 0 aliphatic rings. The van der Waals surface area contributed by atoms with Gasteiger partial charge in [0.2, 0.25) is 0 Å². The lowest BCUT2D eigenvalue weighted by Crippen LogP contribution is -2.03. The molecule has 0 radical (unpaired) electrons. The van der Waals surface area contributed by atoms with Crippen molar-refractivity contribution < 1.29 is 19.0 Å². The molecule has 0 saturated carbocycles. The van der Waals surface area contributed by atoms with Crippen LogP contribution in [0.15, 0.2) is 71.2 Å². The SMILES string of the molecule is CCOc1ccc(-c2cccc(Oc3ccc(Br)cc3C(=O)OC)c2)cc1. The fraction of sp³-hybridized carbons (Fsp3) is 0.136. The fourth-order valence-corrected chi connectivity index (χ4v) is 3.00. The highest BCUT2D eigenvalue weighted by atomic mass is 79.9. The highest BCUT2D eigenvalue weighted by molar-refractivity contribution is 9.10. The van der Waals surface area contributed by atoms with E-state index in [9.17, 15) is 4.79 Å². The maximum absolute atomic E-state index is 12.0. The zero-order valence-corrected chi connectivity index (χ0v) is 16.7. The molecule has 0 heterocycles. The van der Waals surface area contributed by atoms with Crippen LogP contribution in [0.3, 0.4) is 0 Å². The molecule has 3 aromatic rings. The zero-order valence-electron chi connectivity index (χ0n) is 15.1. The summed E-state index contributed by atoms with van der Waals surface area (Å²) in [6.07, 6.45) is 0. The summed E-state index contributed by atoms with van der Waals surface area (Å²) in [5.41, 5.74) is 2.42. The molecule has 0 aromatic heterocycles. The fourth-order valence-electron chi connectivity index (χ4n) is 2.64. The van der Waals surface area contributed by atoms with Crippen LogP contribution in [0.2, 0.25) is 0 Å². The minimum Gasteiger partial charge on any atom is -0.494 e. The van der Waals surface area contributed by atoms with Crippen LogP contribution in [0.25, 0.3) is 11.1 Å². The molecular weight excluding hydrogens is 408 g/mol. The van der Waals surface area contributed by atoms with E-state index in [0.29, 0.717) is 23.7 Å². The molecule has 3 aromatic carbocycles. The Bertz CT molecular complexity index is 935. The number of carbonyl (C=O) groups excluding carboxylic acids is 1. The van der Waals surface area contributed by atoms with E-state index in [1.165, 1.54) is 7.11 Å². The third kappa shape index (κ3) is 4.68. The molecule has 0 aliphatic heterocycles. The number of ether oxygens (including phenoxy) is 3. The third-order valence-corrected chi connectivity index (χ3v) is 4.40. The van der Waals surface area contributed by atoms with Gasteiger partial charge in [-0.05, 0) is 60.5 Å². The lowest BCUT2D eigenvalue weighted by atomic mass is 10.1. The van der Waals surface area contributed by atoms with Crippen LogP contribution < -0.4 is 9.47 Å². The predicted octanol–water partition coefficient (Wildman–Crippen LogP) is 6.09. The van der Waals surface area contributed by atoms with Crippen LogP contribution in [0.1, 0.15) is 17.3 Å². The minimum absolute atomic E-state index is 0.360. The molecule has 3 rings (SSSR count). The van der Waals surface area contributed by atoms with E-state index in [-0.39, 0.29) is 0 Å². The van der Waals surface area contributed by atoms with Gasteiger partial charge in [0, 0.05) is 4.47 Å². The second-order valence-electron chi connectivity index (χ2n) is 5.72. The largest absolute Gasteiger partial charge is 0.494 e. The van der Waals surface area contributed by atoms with Crippen molar-refractivity contribution in [1.29, 1.82) is 0 Å². The van der Waals surface area contributed by atoms with Crippen molar-refractivity contribution in [3.8, 4) is 28.4 Å². The quantitative estimate of drug-likeness (QED) is 0.447. The van der Waals surface area contributed by atoms with E-state index in [1.54, 1.807) is 12.1 Å². The van der Waals surface area contributed by atoms with Gasteiger partial charge in [-0.15, -0.1) is 0 Å². The van der Waals surface area contributed by atoms with Crippen LogP contribution in [0.5, 0.6) is 17.2 Å². The standard InChI is InChI=1S/C22H19BrO4/c1-3-26-18-10-7-15(8-11-18)16-5-4-6-19(13-16)27-21-12-9-17(23)14-20(21)22(24)25-2/h4-14H,3H2,1-2H3. The first-order chi connectivity index (χ1) is 13.1.